The highest BCUT2D eigenvalue weighted by Crippen LogP contribution is 2.19. The van der Waals surface area contributed by atoms with Gasteiger partial charge in [-0.15, -0.1) is 0 Å². The molecule has 0 atom stereocenters. The zero-order valence-corrected chi connectivity index (χ0v) is 7.99. The number of hydrogen-bond donors (Lipinski definition) is 1. The van der Waals surface area contributed by atoms with E-state index in [2.05, 4.69) is 28.1 Å². The summed E-state index contributed by atoms with van der Waals surface area (Å²) in [6.45, 7) is 0.346. The number of benzene rings is 1. The summed E-state index contributed by atoms with van der Waals surface area (Å²) in [6, 6.07) is 10.2. The highest BCUT2D eigenvalue weighted by Gasteiger charge is 1.98. The minimum atomic E-state index is 0.346. The molecule has 2 aromatic rings. The lowest BCUT2D eigenvalue weighted by Gasteiger charge is -2.02. The Balaban J connectivity index is 2.38. The third-order valence-electron chi connectivity index (χ3n) is 2.26. The lowest BCUT2D eigenvalue weighted by molar-refractivity contribution is 0.969. The van der Waals surface area contributed by atoms with Crippen molar-refractivity contribution in [2.75, 3.05) is 11.9 Å². The van der Waals surface area contributed by atoms with E-state index in [0.717, 1.165) is 5.69 Å². The van der Waals surface area contributed by atoms with Gasteiger partial charge in [0.15, 0.2) is 0 Å². The van der Waals surface area contributed by atoms with Gasteiger partial charge in [0.1, 0.15) is 6.54 Å². The predicted molar refractivity (Wildman–Crippen MR) is 57.0 cm³/mol. The molecular weight excluding hydrogens is 174 g/mol. The standard InChI is InChI=1S/C11H11N3/c1-14-7-4-9-8-10(13-6-5-12)2-3-11(9)14/h2-4,7-8,13H,6H2,1H3. The second kappa shape index (κ2) is 3.43. The van der Waals surface area contributed by atoms with Gasteiger partial charge in [0, 0.05) is 29.8 Å². The Bertz CT molecular complexity index is 491. The van der Waals surface area contributed by atoms with E-state index in [0.29, 0.717) is 6.54 Å². The summed E-state index contributed by atoms with van der Waals surface area (Å²) in [7, 11) is 2.02. The fraction of sp³-hybridized carbons (Fsp3) is 0.182. The first kappa shape index (κ1) is 8.64. The Morgan fingerprint density at radius 3 is 3.07 bits per heavy atom. The number of anilines is 1. The number of fused-ring (bicyclic) bond motifs is 1. The molecule has 0 amide bonds. The average molecular weight is 185 g/mol. The molecule has 0 aliphatic rings. The van der Waals surface area contributed by atoms with E-state index in [1.54, 1.807) is 0 Å². The maximum atomic E-state index is 8.43. The van der Waals surface area contributed by atoms with Crippen LogP contribution in [0.2, 0.25) is 0 Å². The number of aryl methyl sites for hydroxylation is 1. The molecule has 0 spiro atoms. The average Bonchev–Trinajstić information content (AvgIpc) is 2.57. The van der Waals surface area contributed by atoms with Crippen molar-refractivity contribution >= 4 is 16.6 Å². The number of hydrogen-bond acceptors (Lipinski definition) is 2. The van der Waals surface area contributed by atoms with Crippen LogP contribution in [-0.2, 0) is 7.05 Å². The Morgan fingerprint density at radius 1 is 1.43 bits per heavy atom. The molecule has 14 heavy (non-hydrogen) atoms. The smallest absolute Gasteiger partial charge is 0.103 e. The fourth-order valence-electron chi connectivity index (χ4n) is 1.53. The molecule has 2 rings (SSSR count). The summed E-state index contributed by atoms with van der Waals surface area (Å²) in [4.78, 5) is 0. The molecular formula is C11H11N3. The van der Waals surface area contributed by atoms with Crippen LogP contribution in [0.3, 0.4) is 0 Å². The molecule has 0 saturated heterocycles. The summed E-state index contributed by atoms with van der Waals surface area (Å²) in [5.41, 5.74) is 2.19. The van der Waals surface area contributed by atoms with Crippen LogP contribution in [0, 0.1) is 11.3 Å². The van der Waals surface area contributed by atoms with E-state index in [1.165, 1.54) is 10.9 Å². The second-order valence-electron chi connectivity index (χ2n) is 3.21. The van der Waals surface area contributed by atoms with Crippen molar-refractivity contribution in [2.24, 2.45) is 7.05 Å². The van der Waals surface area contributed by atoms with Gasteiger partial charge in [0.2, 0.25) is 0 Å². The van der Waals surface area contributed by atoms with Gasteiger partial charge in [0.25, 0.3) is 0 Å². The summed E-state index contributed by atoms with van der Waals surface area (Å²) in [5, 5.41) is 12.6. The van der Waals surface area contributed by atoms with Gasteiger partial charge in [-0.05, 0) is 24.3 Å². The van der Waals surface area contributed by atoms with Gasteiger partial charge in [-0.25, -0.2) is 0 Å². The van der Waals surface area contributed by atoms with E-state index >= 15 is 0 Å². The van der Waals surface area contributed by atoms with E-state index in [4.69, 9.17) is 5.26 Å². The number of aromatic nitrogens is 1. The summed E-state index contributed by atoms with van der Waals surface area (Å²) in [5.74, 6) is 0. The minimum Gasteiger partial charge on any atom is -0.372 e. The molecule has 0 saturated carbocycles. The second-order valence-corrected chi connectivity index (χ2v) is 3.21. The topological polar surface area (TPSA) is 40.8 Å². The number of rotatable bonds is 2. The van der Waals surface area contributed by atoms with Crippen LogP contribution in [0.25, 0.3) is 10.9 Å². The zero-order valence-electron chi connectivity index (χ0n) is 7.99. The zero-order chi connectivity index (χ0) is 9.97. The third-order valence-corrected chi connectivity index (χ3v) is 2.26. The van der Waals surface area contributed by atoms with Gasteiger partial charge >= 0.3 is 0 Å². The quantitative estimate of drug-likeness (QED) is 0.728. The molecule has 1 heterocycles. The minimum absolute atomic E-state index is 0.346. The summed E-state index contributed by atoms with van der Waals surface area (Å²) < 4.78 is 2.07. The number of nitriles is 1. The molecule has 1 aromatic carbocycles. The molecule has 0 unspecified atom stereocenters. The van der Waals surface area contributed by atoms with Gasteiger partial charge in [0.05, 0.1) is 6.07 Å². The molecule has 0 radical (unpaired) electrons. The van der Waals surface area contributed by atoms with Crippen molar-refractivity contribution in [1.82, 2.24) is 4.57 Å². The molecule has 3 heteroatoms. The predicted octanol–water partition coefficient (Wildman–Crippen LogP) is 2.11. The summed E-state index contributed by atoms with van der Waals surface area (Å²) >= 11 is 0. The van der Waals surface area contributed by atoms with Crippen molar-refractivity contribution in [3.63, 3.8) is 0 Å². The largest absolute Gasteiger partial charge is 0.372 e. The Morgan fingerprint density at radius 2 is 2.29 bits per heavy atom. The number of nitrogens with one attached hydrogen (secondary N) is 1. The molecule has 0 bridgehead atoms. The lowest BCUT2D eigenvalue weighted by Crippen LogP contribution is -1.97. The van der Waals surface area contributed by atoms with Crippen LogP contribution in [0.15, 0.2) is 30.5 Å². The van der Waals surface area contributed by atoms with Crippen LogP contribution in [-0.4, -0.2) is 11.1 Å². The molecule has 70 valence electrons. The van der Waals surface area contributed by atoms with Crippen molar-refractivity contribution in [3.05, 3.63) is 30.5 Å². The normalized spacial score (nSPS) is 10.0. The summed E-state index contributed by atoms with van der Waals surface area (Å²) in [6.07, 6.45) is 2.03. The van der Waals surface area contributed by atoms with Crippen LogP contribution < -0.4 is 5.32 Å². The Labute approximate surface area is 82.6 Å². The van der Waals surface area contributed by atoms with Crippen molar-refractivity contribution in [1.29, 1.82) is 5.26 Å². The van der Waals surface area contributed by atoms with E-state index in [9.17, 15) is 0 Å². The maximum absolute atomic E-state index is 8.43. The Hall–Kier alpha value is -1.95. The third kappa shape index (κ3) is 1.42. The first-order valence-electron chi connectivity index (χ1n) is 4.47. The number of nitrogens with zero attached hydrogens (tertiary/aromatic N) is 2. The molecule has 0 aliphatic heterocycles. The molecule has 0 fully saturated rings. The van der Waals surface area contributed by atoms with E-state index in [1.807, 2.05) is 25.4 Å². The fourth-order valence-corrected chi connectivity index (χ4v) is 1.53. The molecule has 3 nitrogen and oxygen atoms in total. The van der Waals surface area contributed by atoms with E-state index in [-0.39, 0.29) is 0 Å². The van der Waals surface area contributed by atoms with Gasteiger partial charge in [-0.1, -0.05) is 0 Å². The molecule has 1 N–H and O–H groups in total. The van der Waals surface area contributed by atoms with Crippen LogP contribution in [0.1, 0.15) is 0 Å². The monoisotopic (exact) mass is 185 g/mol. The van der Waals surface area contributed by atoms with Crippen LogP contribution >= 0.6 is 0 Å². The highest BCUT2D eigenvalue weighted by molar-refractivity contribution is 5.83. The van der Waals surface area contributed by atoms with Crippen molar-refractivity contribution in [3.8, 4) is 6.07 Å². The molecule has 1 aromatic heterocycles. The van der Waals surface area contributed by atoms with Crippen LogP contribution in [0.4, 0.5) is 5.69 Å². The van der Waals surface area contributed by atoms with Gasteiger partial charge in [-0.2, -0.15) is 5.26 Å². The first-order valence-corrected chi connectivity index (χ1v) is 4.47. The SMILES string of the molecule is Cn1ccc2cc(NCC#N)ccc21. The first-order chi connectivity index (χ1) is 6.81. The Kier molecular flexibility index (Phi) is 2.11. The van der Waals surface area contributed by atoms with Gasteiger partial charge in [-0.3, -0.25) is 0 Å². The van der Waals surface area contributed by atoms with Gasteiger partial charge < -0.3 is 9.88 Å². The van der Waals surface area contributed by atoms with Crippen molar-refractivity contribution < 1.29 is 0 Å². The van der Waals surface area contributed by atoms with Crippen LogP contribution in [0.5, 0.6) is 0 Å². The lowest BCUT2D eigenvalue weighted by atomic mass is 10.2. The van der Waals surface area contributed by atoms with E-state index < -0.39 is 0 Å². The maximum Gasteiger partial charge on any atom is 0.103 e. The van der Waals surface area contributed by atoms with Crippen molar-refractivity contribution in [2.45, 2.75) is 0 Å². The molecule has 0 aliphatic carbocycles. The highest BCUT2D eigenvalue weighted by atomic mass is 14.9.